The van der Waals surface area contributed by atoms with Crippen molar-refractivity contribution in [2.24, 2.45) is 11.8 Å². The highest BCUT2D eigenvalue weighted by molar-refractivity contribution is 5.73. The molecule has 1 aliphatic carbocycles. The molecule has 2 aliphatic rings. The lowest BCUT2D eigenvalue weighted by Crippen LogP contribution is -2.44. The SMILES string of the molecule is CC(C)(C)OC(=O)NCC1CCC(C(=O)OC2(c3ccccc3)CCNCC2)CC1. The minimum atomic E-state index is -0.515. The van der Waals surface area contributed by atoms with Crippen LogP contribution in [-0.2, 0) is 19.9 Å². The van der Waals surface area contributed by atoms with Gasteiger partial charge in [0.1, 0.15) is 11.2 Å². The molecular weight excluding hydrogens is 380 g/mol. The number of carbonyl (C=O) groups excluding carboxylic acids is 2. The summed E-state index contributed by atoms with van der Waals surface area (Å²) < 4.78 is 11.5. The first-order valence-corrected chi connectivity index (χ1v) is 11.2. The molecule has 6 heteroatoms. The number of rotatable bonds is 5. The van der Waals surface area contributed by atoms with Crippen molar-refractivity contribution in [2.45, 2.75) is 70.5 Å². The van der Waals surface area contributed by atoms with Crippen LogP contribution in [0.5, 0.6) is 0 Å². The number of ether oxygens (including phenoxy) is 2. The Morgan fingerprint density at radius 2 is 1.70 bits per heavy atom. The van der Waals surface area contributed by atoms with E-state index in [4.69, 9.17) is 9.47 Å². The first-order valence-electron chi connectivity index (χ1n) is 11.2. The number of benzene rings is 1. The van der Waals surface area contributed by atoms with E-state index in [1.54, 1.807) is 0 Å². The molecule has 30 heavy (non-hydrogen) atoms. The quantitative estimate of drug-likeness (QED) is 0.706. The van der Waals surface area contributed by atoms with Crippen LogP contribution in [0.2, 0.25) is 0 Å². The molecule has 2 fully saturated rings. The minimum Gasteiger partial charge on any atom is -0.454 e. The van der Waals surface area contributed by atoms with Crippen LogP contribution in [0, 0.1) is 11.8 Å². The Morgan fingerprint density at radius 3 is 2.30 bits per heavy atom. The van der Waals surface area contributed by atoms with Gasteiger partial charge in [-0.05, 0) is 71.0 Å². The second-order valence-corrected chi connectivity index (χ2v) is 9.63. The Morgan fingerprint density at radius 1 is 1.07 bits per heavy atom. The van der Waals surface area contributed by atoms with Gasteiger partial charge >= 0.3 is 12.1 Å². The summed E-state index contributed by atoms with van der Waals surface area (Å²) in [6.45, 7) is 7.86. The van der Waals surface area contributed by atoms with Gasteiger partial charge in [-0.3, -0.25) is 4.79 Å². The van der Waals surface area contributed by atoms with Gasteiger partial charge in [0, 0.05) is 19.4 Å². The van der Waals surface area contributed by atoms with Gasteiger partial charge in [-0.25, -0.2) is 4.79 Å². The second-order valence-electron chi connectivity index (χ2n) is 9.63. The molecule has 1 aromatic rings. The number of carbonyl (C=O) groups is 2. The molecule has 2 N–H and O–H groups in total. The normalized spacial score (nSPS) is 24.0. The van der Waals surface area contributed by atoms with E-state index >= 15 is 0 Å². The molecule has 3 rings (SSSR count). The number of nitrogens with one attached hydrogen (secondary N) is 2. The van der Waals surface area contributed by atoms with Crippen LogP contribution < -0.4 is 10.6 Å². The van der Waals surface area contributed by atoms with Gasteiger partial charge in [0.25, 0.3) is 0 Å². The van der Waals surface area contributed by atoms with E-state index in [9.17, 15) is 9.59 Å². The number of esters is 1. The highest BCUT2D eigenvalue weighted by atomic mass is 16.6. The van der Waals surface area contributed by atoms with E-state index in [1.807, 2.05) is 39.0 Å². The molecule has 0 radical (unpaired) electrons. The van der Waals surface area contributed by atoms with Gasteiger partial charge in [0.2, 0.25) is 0 Å². The lowest BCUT2D eigenvalue weighted by Gasteiger charge is -2.39. The van der Waals surface area contributed by atoms with Crippen molar-refractivity contribution in [3.05, 3.63) is 35.9 Å². The number of alkyl carbamates (subject to hydrolysis) is 1. The van der Waals surface area contributed by atoms with Gasteiger partial charge < -0.3 is 20.1 Å². The summed E-state index contributed by atoms with van der Waals surface area (Å²) >= 11 is 0. The van der Waals surface area contributed by atoms with Crippen molar-refractivity contribution in [1.29, 1.82) is 0 Å². The maximum atomic E-state index is 13.0. The Hall–Kier alpha value is -2.08. The van der Waals surface area contributed by atoms with E-state index in [0.717, 1.165) is 57.2 Å². The Balaban J connectivity index is 1.50. The zero-order chi connectivity index (χ0) is 21.6. The van der Waals surface area contributed by atoms with E-state index in [-0.39, 0.29) is 18.0 Å². The van der Waals surface area contributed by atoms with E-state index in [0.29, 0.717) is 12.5 Å². The summed E-state index contributed by atoms with van der Waals surface area (Å²) in [4.78, 5) is 24.9. The third kappa shape index (κ3) is 6.21. The zero-order valence-electron chi connectivity index (χ0n) is 18.5. The van der Waals surface area contributed by atoms with Crippen molar-refractivity contribution in [3.8, 4) is 0 Å². The lowest BCUT2D eigenvalue weighted by molar-refractivity contribution is -0.171. The van der Waals surface area contributed by atoms with E-state index in [1.165, 1.54) is 0 Å². The number of hydrogen-bond acceptors (Lipinski definition) is 5. The summed E-state index contributed by atoms with van der Waals surface area (Å²) in [7, 11) is 0. The van der Waals surface area contributed by atoms with Crippen LogP contribution in [0.1, 0.15) is 64.9 Å². The number of piperidine rings is 1. The Kier molecular flexibility index (Phi) is 7.40. The van der Waals surface area contributed by atoms with Crippen LogP contribution in [0.25, 0.3) is 0 Å². The minimum absolute atomic E-state index is 0.0572. The molecule has 1 saturated heterocycles. The fourth-order valence-electron chi connectivity index (χ4n) is 4.44. The molecule has 0 spiro atoms. The molecule has 1 amide bonds. The topological polar surface area (TPSA) is 76.7 Å². The van der Waals surface area contributed by atoms with Crippen molar-refractivity contribution >= 4 is 12.1 Å². The average Bonchev–Trinajstić information content (AvgIpc) is 2.73. The maximum absolute atomic E-state index is 13.0. The smallest absolute Gasteiger partial charge is 0.407 e. The van der Waals surface area contributed by atoms with E-state index in [2.05, 4.69) is 22.8 Å². The van der Waals surface area contributed by atoms with Crippen molar-refractivity contribution < 1.29 is 19.1 Å². The Bertz CT molecular complexity index is 700. The molecule has 1 heterocycles. The van der Waals surface area contributed by atoms with Gasteiger partial charge in [-0.1, -0.05) is 30.3 Å². The third-order valence-electron chi connectivity index (χ3n) is 6.12. The summed E-state index contributed by atoms with van der Waals surface area (Å²) in [5.74, 6) is 0.251. The van der Waals surface area contributed by atoms with Crippen LogP contribution in [0.4, 0.5) is 4.79 Å². The maximum Gasteiger partial charge on any atom is 0.407 e. The second kappa shape index (κ2) is 9.82. The fraction of sp³-hybridized carbons (Fsp3) is 0.667. The Labute approximate surface area is 180 Å². The summed E-state index contributed by atoms with van der Waals surface area (Å²) in [5, 5.41) is 6.23. The zero-order valence-corrected chi connectivity index (χ0v) is 18.5. The van der Waals surface area contributed by atoms with Crippen molar-refractivity contribution in [2.75, 3.05) is 19.6 Å². The molecular formula is C24H36N2O4. The van der Waals surface area contributed by atoms with Crippen LogP contribution in [0.15, 0.2) is 30.3 Å². The molecule has 0 aromatic heterocycles. The molecule has 1 aliphatic heterocycles. The molecule has 0 bridgehead atoms. The van der Waals surface area contributed by atoms with Crippen LogP contribution in [-0.4, -0.2) is 37.3 Å². The summed E-state index contributed by atoms with van der Waals surface area (Å²) in [5.41, 5.74) is 0.0863. The highest BCUT2D eigenvalue weighted by Crippen LogP contribution is 2.38. The number of amides is 1. The van der Waals surface area contributed by atoms with Crippen LogP contribution in [0.3, 0.4) is 0 Å². The monoisotopic (exact) mass is 416 g/mol. The molecule has 166 valence electrons. The molecule has 6 nitrogen and oxygen atoms in total. The third-order valence-corrected chi connectivity index (χ3v) is 6.12. The fourth-order valence-corrected chi connectivity index (χ4v) is 4.44. The molecule has 1 saturated carbocycles. The first kappa shape index (κ1) is 22.6. The molecule has 0 unspecified atom stereocenters. The van der Waals surface area contributed by atoms with Crippen LogP contribution >= 0.6 is 0 Å². The van der Waals surface area contributed by atoms with Gasteiger partial charge in [0.05, 0.1) is 5.92 Å². The largest absolute Gasteiger partial charge is 0.454 e. The standard InChI is InChI=1S/C24H36N2O4/c1-23(2,3)30-22(28)26-17-18-9-11-19(12-10-18)21(27)29-24(13-15-25-16-14-24)20-7-5-4-6-8-20/h4-8,18-19,25H,9-17H2,1-3H3,(H,26,28). The van der Waals surface area contributed by atoms with E-state index < -0.39 is 11.2 Å². The predicted molar refractivity (Wildman–Crippen MR) is 116 cm³/mol. The van der Waals surface area contributed by atoms with Crippen molar-refractivity contribution in [3.63, 3.8) is 0 Å². The number of hydrogen-bond donors (Lipinski definition) is 2. The van der Waals surface area contributed by atoms with Crippen molar-refractivity contribution in [1.82, 2.24) is 10.6 Å². The molecule has 0 atom stereocenters. The summed E-state index contributed by atoms with van der Waals surface area (Å²) in [6, 6.07) is 10.1. The van der Waals surface area contributed by atoms with Gasteiger partial charge in [-0.15, -0.1) is 0 Å². The predicted octanol–water partition coefficient (Wildman–Crippen LogP) is 4.14. The van der Waals surface area contributed by atoms with Gasteiger partial charge in [0.15, 0.2) is 0 Å². The molecule has 1 aromatic carbocycles. The lowest BCUT2D eigenvalue weighted by atomic mass is 9.81. The first-order chi connectivity index (χ1) is 14.3. The average molecular weight is 417 g/mol. The summed E-state index contributed by atoms with van der Waals surface area (Å²) in [6.07, 6.45) is 4.67. The van der Waals surface area contributed by atoms with Gasteiger partial charge in [-0.2, -0.15) is 0 Å². The highest BCUT2D eigenvalue weighted by Gasteiger charge is 2.40.